The molecule has 12 heavy (non-hydrogen) atoms. The zero-order valence-electron chi connectivity index (χ0n) is 6.34. The van der Waals surface area contributed by atoms with E-state index in [2.05, 4.69) is 22.6 Å². The van der Waals surface area contributed by atoms with E-state index in [1.165, 1.54) is 0 Å². The smallest absolute Gasteiger partial charge is 0.171 e. The zero-order valence-corrected chi connectivity index (χ0v) is 8.50. The van der Waals surface area contributed by atoms with Crippen LogP contribution < -0.4 is 4.74 Å². The number of ketones is 1. The van der Waals surface area contributed by atoms with Gasteiger partial charge < -0.3 is 4.74 Å². The van der Waals surface area contributed by atoms with Gasteiger partial charge in [-0.1, -0.05) is 6.07 Å². The van der Waals surface area contributed by atoms with Crippen molar-refractivity contribution in [2.24, 2.45) is 0 Å². The minimum absolute atomic E-state index is 0.196. The molecular weight excluding hydrogens is 267 g/mol. The summed E-state index contributed by atoms with van der Waals surface area (Å²) >= 11 is 2.16. The SMILES string of the molecule is O=C1CCOc2cccc(I)c21. The lowest BCUT2D eigenvalue weighted by Gasteiger charge is -2.16. The molecule has 1 aliphatic heterocycles. The van der Waals surface area contributed by atoms with Crippen molar-refractivity contribution in [2.45, 2.75) is 6.42 Å². The molecule has 0 amide bonds. The van der Waals surface area contributed by atoms with Crippen LogP contribution >= 0.6 is 22.6 Å². The molecule has 1 aliphatic rings. The molecule has 62 valence electrons. The molecule has 0 aromatic heterocycles. The van der Waals surface area contributed by atoms with Crippen LogP contribution in [0.2, 0.25) is 0 Å². The Kier molecular flexibility index (Phi) is 2.04. The Morgan fingerprint density at radius 3 is 3.00 bits per heavy atom. The van der Waals surface area contributed by atoms with E-state index in [0.29, 0.717) is 13.0 Å². The summed E-state index contributed by atoms with van der Waals surface area (Å²) in [5.41, 5.74) is 0.754. The minimum atomic E-state index is 0.196. The largest absolute Gasteiger partial charge is 0.492 e. The van der Waals surface area contributed by atoms with E-state index < -0.39 is 0 Å². The van der Waals surface area contributed by atoms with Gasteiger partial charge in [0, 0.05) is 9.99 Å². The topological polar surface area (TPSA) is 26.3 Å². The van der Waals surface area contributed by atoms with Crippen LogP contribution in [-0.2, 0) is 0 Å². The van der Waals surface area contributed by atoms with E-state index >= 15 is 0 Å². The molecule has 0 saturated carbocycles. The monoisotopic (exact) mass is 274 g/mol. The van der Waals surface area contributed by atoms with E-state index in [-0.39, 0.29) is 5.78 Å². The Balaban J connectivity index is 2.60. The van der Waals surface area contributed by atoms with E-state index in [1.807, 2.05) is 18.2 Å². The van der Waals surface area contributed by atoms with Crippen LogP contribution in [0.5, 0.6) is 5.75 Å². The number of carbonyl (C=O) groups is 1. The lowest BCUT2D eigenvalue weighted by atomic mass is 10.1. The summed E-state index contributed by atoms with van der Waals surface area (Å²) in [7, 11) is 0. The highest BCUT2D eigenvalue weighted by molar-refractivity contribution is 14.1. The van der Waals surface area contributed by atoms with E-state index in [1.54, 1.807) is 0 Å². The Morgan fingerprint density at radius 1 is 1.42 bits per heavy atom. The molecule has 0 unspecified atom stereocenters. The maximum Gasteiger partial charge on any atom is 0.171 e. The molecular formula is C9H7IO2. The molecule has 0 radical (unpaired) electrons. The molecule has 2 nitrogen and oxygen atoms in total. The normalized spacial score (nSPS) is 15.2. The van der Waals surface area contributed by atoms with Crippen LogP contribution in [0.15, 0.2) is 18.2 Å². The molecule has 0 atom stereocenters. The van der Waals surface area contributed by atoms with Gasteiger partial charge in [0.05, 0.1) is 12.2 Å². The molecule has 0 aliphatic carbocycles. The first kappa shape index (κ1) is 8.04. The first-order valence-corrected chi connectivity index (χ1v) is 4.81. The highest BCUT2D eigenvalue weighted by atomic mass is 127. The fourth-order valence-electron chi connectivity index (χ4n) is 1.27. The minimum Gasteiger partial charge on any atom is -0.492 e. The van der Waals surface area contributed by atoms with Crippen LogP contribution in [0.25, 0.3) is 0 Å². The molecule has 0 N–H and O–H groups in total. The lowest BCUT2D eigenvalue weighted by molar-refractivity contribution is 0.0932. The highest BCUT2D eigenvalue weighted by Crippen LogP contribution is 2.28. The van der Waals surface area contributed by atoms with Gasteiger partial charge in [-0.05, 0) is 34.7 Å². The van der Waals surface area contributed by atoms with Crippen LogP contribution in [0.3, 0.4) is 0 Å². The van der Waals surface area contributed by atoms with Crippen LogP contribution in [0.4, 0.5) is 0 Å². The third-order valence-electron chi connectivity index (χ3n) is 1.84. The molecule has 0 spiro atoms. The molecule has 3 heteroatoms. The van der Waals surface area contributed by atoms with Crippen molar-refractivity contribution in [1.29, 1.82) is 0 Å². The molecule has 1 aromatic carbocycles. The van der Waals surface area contributed by atoms with E-state index in [9.17, 15) is 4.79 Å². The van der Waals surface area contributed by atoms with Gasteiger partial charge >= 0.3 is 0 Å². The van der Waals surface area contributed by atoms with Gasteiger partial charge in [0.2, 0.25) is 0 Å². The van der Waals surface area contributed by atoms with Gasteiger partial charge in [0.25, 0.3) is 0 Å². The summed E-state index contributed by atoms with van der Waals surface area (Å²) in [4.78, 5) is 11.4. The van der Waals surface area contributed by atoms with Crippen molar-refractivity contribution in [3.05, 3.63) is 27.3 Å². The number of benzene rings is 1. The number of rotatable bonds is 0. The van der Waals surface area contributed by atoms with Crippen LogP contribution in [0.1, 0.15) is 16.8 Å². The van der Waals surface area contributed by atoms with Gasteiger partial charge in [0.15, 0.2) is 5.78 Å². The number of hydrogen-bond donors (Lipinski definition) is 0. The number of hydrogen-bond acceptors (Lipinski definition) is 2. The first-order chi connectivity index (χ1) is 5.79. The van der Waals surface area contributed by atoms with Crippen molar-refractivity contribution in [1.82, 2.24) is 0 Å². The maximum atomic E-state index is 11.4. The quantitative estimate of drug-likeness (QED) is 0.678. The van der Waals surface area contributed by atoms with Gasteiger partial charge in [0.1, 0.15) is 5.75 Å². The van der Waals surface area contributed by atoms with E-state index in [4.69, 9.17) is 4.74 Å². The molecule has 0 fully saturated rings. The molecule has 0 bridgehead atoms. The number of ether oxygens (including phenoxy) is 1. The third-order valence-corrected chi connectivity index (χ3v) is 2.74. The maximum absolute atomic E-state index is 11.4. The number of fused-ring (bicyclic) bond motifs is 1. The van der Waals surface area contributed by atoms with Crippen molar-refractivity contribution in [3.63, 3.8) is 0 Å². The second kappa shape index (κ2) is 3.05. The predicted octanol–water partition coefficient (Wildman–Crippen LogP) is 2.26. The Labute approximate surface area is 84.1 Å². The molecule has 2 rings (SSSR count). The van der Waals surface area contributed by atoms with Crippen LogP contribution in [-0.4, -0.2) is 12.4 Å². The number of halogens is 1. The molecule has 1 aromatic rings. The van der Waals surface area contributed by atoms with E-state index in [0.717, 1.165) is 14.9 Å². The number of Topliss-reactive ketones (excluding diaryl/α,β-unsaturated/α-hetero) is 1. The summed E-state index contributed by atoms with van der Waals surface area (Å²) in [6.45, 7) is 0.520. The van der Waals surface area contributed by atoms with Crippen molar-refractivity contribution in [3.8, 4) is 5.75 Å². The van der Waals surface area contributed by atoms with Crippen LogP contribution in [0, 0.1) is 3.57 Å². The predicted molar refractivity (Wildman–Crippen MR) is 53.6 cm³/mol. The highest BCUT2D eigenvalue weighted by Gasteiger charge is 2.20. The third kappa shape index (κ3) is 1.22. The lowest BCUT2D eigenvalue weighted by Crippen LogP contribution is -2.16. The van der Waals surface area contributed by atoms with Crippen molar-refractivity contribution >= 4 is 28.4 Å². The fraction of sp³-hybridized carbons (Fsp3) is 0.222. The van der Waals surface area contributed by atoms with Gasteiger partial charge in [-0.2, -0.15) is 0 Å². The second-order valence-corrected chi connectivity index (χ2v) is 3.80. The van der Waals surface area contributed by atoms with Crippen molar-refractivity contribution < 1.29 is 9.53 Å². The van der Waals surface area contributed by atoms with Gasteiger partial charge in [-0.3, -0.25) is 4.79 Å². The number of carbonyl (C=O) groups excluding carboxylic acids is 1. The molecule has 1 heterocycles. The molecule has 0 saturated heterocycles. The van der Waals surface area contributed by atoms with Gasteiger partial charge in [-0.25, -0.2) is 0 Å². The summed E-state index contributed by atoms with van der Waals surface area (Å²) in [6, 6.07) is 5.67. The average molecular weight is 274 g/mol. The second-order valence-electron chi connectivity index (χ2n) is 2.63. The average Bonchev–Trinajstić information content (AvgIpc) is 2.04. The first-order valence-electron chi connectivity index (χ1n) is 3.73. The summed E-state index contributed by atoms with van der Waals surface area (Å²) in [5, 5.41) is 0. The Morgan fingerprint density at radius 2 is 2.25 bits per heavy atom. The summed E-state index contributed by atoms with van der Waals surface area (Å²) < 4.78 is 6.33. The summed E-state index contributed by atoms with van der Waals surface area (Å²) in [6.07, 6.45) is 0.507. The van der Waals surface area contributed by atoms with Gasteiger partial charge in [-0.15, -0.1) is 0 Å². The summed E-state index contributed by atoms with van der Waals surface area (Å²) in [5.74, 6) is 0.930. The zero-order chi connectivity index (χ0) is 8.55. The Bertz CT molecular complexity index is 333. The standard InChI is InChI=1S/C9H7IO2/c10-6-2-1-3-8-9(6)7(11)4-5-12-8/h1-3H,4-5H2. The Hall–Kier alpha value is -0.580. The van der Waals surface area contributed by atoms with Crippen molar-refractivity contribution in [2.75, 3.05) is 6.61 Å². The fourth-order valence-corrected chi connectivity index (χ4v) is 2.05.